The van der Waals surface area contributed by atoms with Crippen molar-refractivity contribution < 1.29 is 22.7 Å². The molecule has 38 heavy (non-hydrogen) atoms. The number of piperidine rings is 1. The van der Waals surface area contributed by atoms with Crippen molar-refractivity contribution in [1.82, 2.24) is 20.5 Å². The molecule has 206 valence electrons. The number of sulfone groups is 1. The third-order valence-corrected chi connectivity index (χ3v) is 8.79. The molecule has 1 saturated heterocycles. The Hall–Kier alpha value is -2.79. The maximum Gasteiger partial charge on any atom is 0.238 e. The molecule has 1 aromatic heterocycles. The van der Waals surface area contributed by atoms with Gasteiger partial charge in [0.15, 0.2) is 21.5 Å². The van der Waals surface area contributed by atoms with Crippen molar-refractivity contribution in [3.05, 3.63) is 66.1 Å². The van der Waals surface area contributed by atoms with Gasteiger partial charge in [0, 0.05) is 6.04 Å². The van der Waals surface area contributed by atoms with Crippen LogP contribution < -0.4 is 10.6 Å². The van der Waals surface area contributed by atoms with E-state index in [-0.39, 0.29) is 23.4 Å². The number of aliphatic hydroxyl groups is 1. The summed E-state index contributed by atoms with van der Waals surface area (Å²) in [6, 6.07) is 14.7. The molecule has 0 saturated carbocycles. The molecule has 0 bridgehead atoms. The molecule has 3 aromatic rings. The van der Waals surface area contributed by atoms with Crippen molar-refractivity contribution in [2.75, 3.05) is 25.9 Å². The largest absolute Gasteiger partial charge is 0.438 e. The quantitative estimate of drug-likeness (QED) is 0.319. The highest BCUT2D eigenvalue weighted by Crippen LogP contribution is 2.25. The number of carbonyl (C=O) groups is 1. The van der Waals surface area contributed by atoms with E-state index in [2.05, 4.69) is 15.6 Å². The van der Waals surface area contributed by atoms with Crippen molar-refractivity contribution in [2.45, 2.75) is 62.6 Å². The summed E-state index contributed by atoms with van der Waals surface area (Å²) in [5.74, 6) is -0.741. The third kappa shape index (κ3) is 7.19. The van der Waals surface area contributed by atoms with Gasteiger partial charge in [0.2, 0.25) is 11.8 Å². The lowest BCUT2D eigenvalue weighted by Crippen LogP contribution is -2.56. The predicted octanol–water partition coefficient (Wildman–Crippen LogP) is 2.81. The number of nitrogens with one attached hydrogen (secondary N) is 2. The van der Waals surface area contributed by atoms with E-state index in [4.69, 9.17) is 4.42 Å². The van der Waals surface area contributed by atoms with Crippen LogP contribution in [0.3, 0.4) is 0 Å². The number of oxazole rings is 1. The Bertz CT molecular complexity index is 1260. The lowest BCUT2D eigenvalue weighted by molar-refractivity contribution is -0.128. The summed E-state index contributed by atoms with van der Waals surface area (Å²) >= 11 is 0. The highest BCUT2D eigenvalue weighted by atomic mass is 32.2. The Morgan fingerprint density at radius 1 is 1.16 bits per heavy atom. The lowest BCUT2D eigenvalue weighted by atomic mass is 10.0. The molecule has 3 atom stereocenters. The minimum Gasteiger partial charge on any atom is -0.438 e. The molecule has 2 heterocycles. The van der Waals surface area contributed by atoms with Crippen LogP contribution in [0.4, 0.5) is 0 Å². The fourth-order valence-corrected chi connectivity index (χ4v) is 6.75. The van der Waals surface area contributed by atoms with E-state index in [9.17, 15) is 18.3 Å². The minimum atomic E-state index is -3.61. The standard InChI is InChI=1S/C28H38N4O5S/c1-3-9-23(26(33)28-31-22-12-7-8-13-25(22)37-28)30-27(34)24(32(2)21-14-16-29-17-15-21)19-38(35,36)18-20-10-5-4-6-11-20/h4-8,10-13,21,23-24,26,29,33H,3,9,14-19H2,1-2H3,(H,30,34)/t23?,24-,26-/m0/s1. The van der Waals surface area contributed by atoms with Crippen LogP contribution in [0.15, 0.2) is 59.0 Å². The molecule has 0 radical (unpaired) electrons. The topological polar surface area (TPSA) is 125 Å². The lowest BCUT2D eigenvalue weighted by Gasteiger charge is -2.37. The van der Waals surface area contributed by atoms with Gasteiger partial charge in [0.05, 0.1) is 17.5 Å². The second-order valence-electron chi connectivity index (χ2n) is 10.1. The first-order valence-corrected chi connectivity index (χ1v) is 15.1. The number of hydrogen-bond acceptors (Lipinski definition) is 8. The Balaban J connectivity index is 1.55. The number of likely N-dealkylation sites (N-methyl/N-ethyl adjacent to an activating group) is 1. The number of aromatic nitrogens is 1. The fraction of sp³-hybridized carbons (Fsp3) is 0.500. The summed E-state index contributed by atoms with van der Waals surface area (Å²) in [5, 5.41) is 17.4. The van der Waals surface area contributed by atoms with Gasteiger partial charge in [-0.05, 0) is 57.1 Å². The van der Waals surface area contributed by atoms with Crippen molar-refractivity contribution in [2.24, 2.45) is 0 Å². The zero-order valence-electron chi connectivity index (χ0n) is 22.0. The molecule has 9 nitrogen and oxygen atoms in total. The van der Waals surface area contributed by atoms with Gasteiger partial charge in [-0.2, -0.15) is 0 Å². The maximum absolute atomic E-state index is 13.8. The molecular weight excluding hydrogens is 504 g/mol. The molecule has 0 aliphatic carbocycles. The maximum atomic E-state index is 13.8. The van der Waals surface area contributed by atoms with Crippen LogP contribution in [0.1, 0.15) is 50.2 Å². The Kier molecular flexibility index (Phi) is 9.54. The predicted molar refractivity (Wildman–Crippen MR) is 147 cm³/mol. The molecular formula is C28H38N4O5S. The molecule has 10 heteroatoms. The Labute approximate surface area is 224 Å². The van der Waals surface area contributed by atoms with Crippen molar-refractivity contribution >= 4 is 26.8 Å². The zero-order chi connectivity index (χ0) is 27.1. The van der Waals surface area contributed by atoms with Crippen molar-refractivity contribution in [3.8, 4) is 0 Å². The molecule has 2 aromatic carbocycles. The molecule has 0 spiro atoms. The number of amides is 1. The summed E-state index contributed by atoms with van der Waals surface area (Å²) in [4.78, 5) is 20.1. The molecule has 1 unspecified atom stereocenters. The average molecular weight is 543 g/mol. The Morgan fingerprint density at radius 3 is 2.53 bits per heavy atom. The fourth-order valence-electron chi connectivity index (χ4n) is 5.06. The highest BCUT2D eigenvalue weighted by molar-refractivity contribution is 7.90. The number of rotatable bonds is 12. The minimum absolute atomic E-state index is 0.0745. The molecule has 4 rings (SSSR count). The zero-order valence-corrected chi connectivity index (χ0v) is 22.9. The van der Waals surface area contributed by atoms with Gasteiger partial charge in [0.25, 0.3) is 0 Å². The van der Waals surface area contributed by atoms with Gasteiger partial charge in [-0.1, -0.05) is 55.8 Å². The van der Waals surface area contributed by atoms with E-state index >= 15 is 0 Å². The smallest absolute Gasteiger partial charge is 0.238 e. The first-order valence-electron chi connectivity index (χ1n) is 13.3. The number of aliphatic hydroxyl groups excluding tert-OH is 1. The van der Waals surface area contributed by atoms with Gasteiger partial charge in [-0.25, -0.2) is 13.4 Å². The second kappa shape index (κ2) is 12.8. The van der Waals surface area contributed by atoms with Gasteiger partial charge >= 0.3 is 0 Å². The highest BCUT2D eigenvalue weighted by Gasteiger charge is 2.36. The van der Waals surface area contributed by atoms with Crippen molar-refractivity contribution in [3.63, 3.8) is 0 Å². The van der Waals surface area contributed by atoms with Gasteiger partial charge in [0.1, 0.15) is 11.6 Å². The van der Waals surface area contributed by atoms with Crippen molar-refractivity contribution in [1.29, 1.82) is 0 Å². The van der Waals surface area contributed by atoms with Crippen LogP contribution in [-0.4, -0.2) is 73.3 Å². The van der Waals surface area contributed by atoms with E-state index in [1.165, 1.54) is 0 Å². The number of benzene rings is 2. The summed E-state index contributed by atoms with van der Waals surface area (Å²) in [7, 11) is -1.79. The van der Waals surface area contributed by atoms with E-state index in [0.717, 1.165) is 25.9 Å². The summed E-state index contributed by atoms with van der Waals surface area (Å²) < 4.78 is 32.3. The van der Waals surface area contributed by atoms with Crippen LogP contribution in [-0.2, 0) is 20.4 Å². The number of fused-ring (bicyclic) bond motifs is 1. The van der Waals surface area contributed by atoms with Crippen LogP contribution in [0.25, 0.3) is 11.1 Å². The average Bonchev–Trinajstić information content (AvgIpc) is 3.36. The SMILES string of the molecule is CCCC(NC(=O)[C@H](CS(=O)(=O)Cc1ccccc1)N(C)C1CCNCC1)[C@H](O)c1nc2ccccc2o1. The second-order valence-corrected chi connectivity index (χ2v) is 12.2. The van der Waals surface area contributed by atoms with Crippen LogP contribution >= 0.6 is 0 Å². The number of para-hydroxylation sites is 2. The normalized spacial score (nSPS) is 17.4. The molecule has 1 aliphatic rings. The molecule has 1 amide bonds. The number of carbonyl (C=O) groups excluding carboxylic acids is 1. The van der Waals surface area contributed by atoms with Crippen LogP contribution in [0.5, 0.6) is 0 Å². The third-order valence-electron chi connectivity index (χ3n) is 7.19. The monoisotopic (exact) mass is 542 g/mol. The number of nitrogens with zero attached hydrogens (tertiary/aromatic N) is 2. The van der Waals surface area contributed by atoms with Gasteiger partial charge in [-0.3, -0.25) is 9.69 Å². The molecule has 1 fully saturated rings. The molecule has 1 aliphatic heterocycles. The van der Waals surface area contributed by atoms with E-state index in [0.29, 0.717) is 29.5 Å². The van der Waals surface area contributed by atoms with E-state index in [1.54, 1.807) is 36.4 Å². The van der Waals surface area contributed by atoms with Crippen LogP contribution in [0, 0.1) is 0 Å². The van der Waals surface area contributed by atoms with Crippen LogP contribution in [0.2, 0.25) is 0 Å². The first kappa shape index (κ1) is 28.2. The summed E-state index contributed by atoms with van der Waals surface area (Å²) in [5.41, 5.74) is 1.86. The van der Waals surface area contributed by atoms with Gasteiger partial charge < -0.3 is 20.2 Å². The summed E-state index contributed by atoms with van der Waals surface area (Å²) in [6.45, 7) is 3.59. The Morgan fingerprint density at radius 2 is 1.84 bits per heavy atom. The van der Waals surface area contributed by atoms with Gasteiger partial charge in [-0.15, -0.1) is 0 Å². The molecule has 3 N–H and O–H groups in total. The number of hydrogen-bond donors (Lipinski definition) is 3. The first-order chi connectivity index (χ1) is 18.3. The van der Waals surface area contributed by atoms with E-state index < -0.39 is 33.9 Å². The van der Waals surface area contributed by atoms with E-state index in [1.807, 2.05) is 37.1 Å². The summed E-state index contributed by atoms with van der Waals surface area (Å²) in [6.07, 6.45) is 1.65.